The molecule has 0 bridgehead atoms. The quantitative estimate of drug-likeness (QED) is 0.547. The molecule has 0 spiro atoms. The minimum atomic E-state index is 0.302. The summed E-state index contributed by atoms with van der Waals surface area (Å²) >= 11 is 0. The van der Waals surface area contributed by atoms with Crippen molar-refractivity contribution >= 4 is 0 Å². The Labute approximate surface area is 189 Å². The van der Waals surface area contributed by atoms with Gasteiger partial charge in [0.05, 0.1) is 21.3 Å². The number of ether oxygens (including phenoxy) is 4. The first-order valence-corrected chi connectivity index (χ1v) is 11.0. The molecule has 0 saturated heterocycles. The minimum absolute atomic E-state index is 0.302. The summed E-state index contributed by atoms with van der Waals surface area (Å²) in [5.41, 5.74) is 7.11. The van der Waals surface area contributed by atoms with Gasteiger partial charge in [-0.15, -0.1) is 0 Å². The summed E-state index contributed by atoms with van der Waals surface area (Å²) in [6, 6.07) is 16.8. The van der Waals surface area contributed by atoms with Gasteiger partial charge in [0, 0.05) is 23.7 Å². The van der Waals surface area contributed by atoms with Gasteiger partial charge in [0.15, 0.2) is 23.0 Å². The van der Waals surface area contributed by atoms with E-state index >= 15 is 0 Å². The normalized spacial score (nSPS) is 16.7. The van der Waals surface area contributed by atoms with Crippen molar-refractivity contribution in [1.82, 2.24) is 4.90 Å². The van der Waals surface area contributed by atoms with Crippen molar-refractivity contribution in [3.05, 3.63) is 70.8 Å². The highest BCUT2D eigenvalue weighted by Gasteiger charge is 2.38. The molecule has 0 aromatic heterocycles. The molecule has 3 aromatic rings. The van der Waals surface area contributed by atoms with Crippen molar-refractivity contribution in [2.45, 2.75) is 25.5 Å². The van der Waals surface area contributed by atoms with Crippen molar-refractivity contribution in [3.63, 3.8) is 0 Å². The number of benzene rings is 3. The molecule has 5 heteroatoms. The van der Waals surface area contributed by atoms with Crippen LogP contribution in [0.3, 0.4) is 0 Å². The smallest absolute Gasteiger partial charge is 0.169 e. The Bertz CT molecular complexity index is 1140. The minimum Gasteiger partial charge on any atom is -0.493 e. The van der Waals surface area contributed by atoms with E-state index in [0.29, 0.717) is 12.6 Å². The number of rotatable bonds is 6. The van der Waals surface area contributed by atoms with Crippen LogP contribution in [0.5, 0.6) is 23.0 Å². The fourth-order valence-electron chi connectivity index (χ4n) is 5.12. The Hall–Kier alpha value is -3.18. The molecule has 0 unspecified atom stereocenters. The lowest BCUT2D eigenvalue weighted by Crippen LogP contribution is -2.35. The first-order valence-electron chi connectivity index (χ1n) is 11.0. The third-order valence-electron chi connectivity index (χ3n) is 6.71. The summed E-state index contributed by atoms with van der Waals surface area (Å²) in [4.78, 5) is 2.44. The van der Waals surface area contributed by atoms with Crippen molar-refractivity contribution < 1.29 is 18.9 Å². The summed E-state index contributed by atoms with van der Waals surface area (Å²) in [6.07, 6.45) is 1.90. The topological polar surface area (TPSA) is 40.2 Å². The molecule has 0 radical (unpaired) electrons. The molecule has 2 aliphatic rings. The van der Waals surface area contributed by atoms with Crippen LogP contribution >= 0.6 is 0 Å². The van der Waals surface area contributed by atoms with E-state index in [1.165, 1.54) is 16.7 Å². The van der Waals surface area contributed by atoms with Gasteiger partial charge in [0.2, 0.25) is 0 Å². The first kappa shape index (κ1) is 20.7. The molecule has 166 valence electrons. The van der Waals surface area contributed by atoms with E-state index < -0.39 is 0 Å². The van der Waals surface area contributed by atoms with E-state index in [-0.39, 0.29) is 0 Å². The summed E-state index contributed by atoms with van der Waals surface area (Å²) in [7, 11) is 7.30. The van der Waals surface area contributed by atoms with Crippen molar-refractivity contribution in [2.24, 2.45) is 0 Å². The van der Waals surface area contributed by atoms with Gasteiger partial charge in [-0.25, -0.2) is 0 Å². The number of hydrogen-bond donors (Lipinski definition) is 0. The second kappa shape index (κ2) is 8.40. The molecule has 5 rings (SSSR count). The van der Waals surface area contributed by atoms with Crippen LogP contribution < -0.4 is 18.9 Å². The van der Waals surface area contributed by atoms with Crippen LogP contribution in [-0.4, -0.2) is 39.8 Å². The Kier molecular flexibility index (Phi) is 5.43. The Morgan fingerprint density at radius 1 is 0.844 bits per heavy atom. The second-order valence-corrected chi connectivity index (χ2v) is 8.42. The van der Waals surface area contributed by atoms with Crippen LogP contribution in [0.1, 0.15) is 28.3 Å². The molecule has 1 atom stereocenters. The highest BCUT2D eigenvalue weighted by Crippen LogP contribution is 2.56. The van der Waals surface area contributed by atoms with Crippen LogP contribution in [0.15, 0.2) is 48.5 Å². The molecule has 0 saturated carbocycles. The zero-order valence-electron chi connectivity index (χ0n) is 19.1. The highest BCUT2D eigenvalue weighted by atomic mass is 16.5. The lowest BCUT2D eigenvalue weighted by molar-refractivity contribution is 0.225. The van der Waals surface area contributed by atoms with E-state index in [0.717, 1.165) is 59.1 Å². The van der Waals surface area contributed by atoms with Crippen LogP contribution in [0.2, 0.25) is 0 Å². The van der Waals surface area contributed by atoms with Crippen LogP contribution in [0.25, 0.3) is 11.1 Å². The standard InChI is InChI=1S/C27H29NO4/c1-28-13-12-19-15-22(30-3)26(31-4)25-23(19)20(28)14-18-10-11-21(29-2)27(24(18)25)32-16-17-8-6-5-7-9-17/h5-11,15,20H,12-14,16H2,1-4H3/t20-/m1/s1. The van der Waals surface area contributed by atoms with Gasteiger partial charge < -0.3 is 18.9 Å². The number of methoxy groups -OCH3 is 3. The molecular formula is C27H29NO4. The second-order valence-electron chi connectivity index (χ2n) is 8.42. The fourth-order valence-corrected chi connectivity index (χ4v) is 5.12. The molecule has 1 aliphatic heterocycles. The van der Waals surface area contributed by atoms with Gasteiger partial charge in [-0.05, 0) is 54.3 Å². The number of likely N-dealkylation sites (N-methyl/N-ethyl adjacent to an activating group) is 1. The van der Waals surface area contributed by atoms with Crippen molar-refractivity contribution in [3.8, 4) is 34.1 Å². The Morgan fingerprint density at radius 3 is 2.34 bits per heavy atom. The van der Waals surface area contributed by atoms with E-state index in [4.69, 9.17) is 18.9 Å². The SMILES string of the molecule is COc1ccc2c(c1OCc1ccccc1)-c1c(OC)c(OC)cc3c1[C@@H](C2)N(C)CC3. The largest absolute Gasteiger partial charge is 0.493 e. The van der Waals surface area contributed by atoms with Crippen molar-refractivity contribution in [1.29, 1.82) is 0 Å². The molecule has 1 heterocycles. The number of fused-ring (bicyclic) bond motifs is 2. The summed E-state index contributed by atoms with van der Waals surface area (Å²) < 4.78 is 23.9. The monoisotopic (exact) mass is 431 g/mol. The van der Waals surface area contributed by atoms with Gasteiger partial charge in [-0.1, -0.05) is 36.4 Å². The molecule has 0 N–H and O–H groups in total. The maximum absolute atomic E-state index is 6.46. The number of nitrogens with zero attached hydrogens (tertiary/aromatic N) is 1. The van der Waals surface area contributed by atoms with Crippen LogP contribution in [0, 0.1) is 0 Å². The van der Waals surface area contributed by atoms with Crippen LogP contribution in [-0.2, 0) is 19.4 Å². The summed E-state index contributed by atoms with van der Waals surface area (Å²) in [5.74, 6) is 3.00. The molecule has 0 fully saturated rings. The zero-order valence-corrected chi connectivity index (χ0v) is 19.1. The van der Waals surface area contributed by atoms with E-state index in [2.05, 4.69) is 36.2 Å². The predicted octanol–water partition coefficient (Wildman–Crippen LogP) is 5.04. The predicted molar refractivity (Wildman–Crippen MR) is 125 cm³/mol. The van der Waals surface area contributed by atoms with Gasteiger partial charge in [0.25, 0.3) is 0 Å². The number of hydrogen-bond acceptors (Lipinski definition) is 5. The Morgan fingerprint density at radius 2 is 1.62 bits per heavy atom. The fraction of sp³-hybridized carbons (Fsp3) is 0.333. The molecule has 1 aliphatic carbocycles. The lowest BCUT2D eigenvalue weighted by atomic mass is 9.76. The van der Waals surface area contributed by atoms with E-state index in [1.807, 2.05) is 24.3 Å². The third-order valence-corrected chi connectivity index (χ3v) is 6.71. The van der Waals surface area contributed by atoms with Gasteiger partial charge >= 0.3 is 0 Å². The summed E-state index contributed by atoms with van der Waals surface area (Å²) in [5, 5.41) is 0. The van der Waals surface area contributed by atoms with Crippen molar-refractivity contribution in [2.75, 3.05) is 34.9 Å². The molecule has 3 aromatic carbocycles. The maximum Gasteiger partial charge on any atom is 0.169 e. The maximum atomic E-state index is 6.46. The lowest BCUT2D eigenvalue weighted by Gasteiger charge is -2.41. The average molecular weight is 432 g/mol. The molecule has 0 amide bonds. The first-order chi connectivity index (χ1) is 15.7. The Balaban J connectivity index is 1.74. The van der Waals surface area contributed by atoms with Gasteiger partial charge in [0.1, 0.15) is 6.61 Å². The van der Waals surface area contributed by atoms with Gasteiger partial charge in [-0.2, -0.15) is 0 Å². The van der Waals surface area contributed by atoms with E-state index in [9.17, 15) is 0 Å². The van der Waals surface area contributed by atoms with Crippen LogP contribution in [0.4, 0.5) is 0 Å². The average Bonchev–Trinajstić information content (AvgIpc) is 2.84. The third kappa shape index (κ3) is 3.28. The molecule has 32 heavy (non-hydrogen) atoms. The highest BCUT2D eigenvalue weighted by molar-refractivity contribution is 5.88. The summed E-state index contributed by atoms with van der Waals surface area (Å²) in [6.45, 7) is 1.49. The van der Waals surface area contributed by atoms with Gasteiger partial charge in [-0.3, -0.25) is 4.90 Å². The molecule has 5 nitrogen and oxygen atoms in total. The molecular weight excluding hydrogens is 402 g/mol. The van der Waals surface area contributed by atoms with E-state index in [1.54, 1.807) is 21.3 Å². The zero-order chi connectivity index (χ0) is 22.2.